The van der Waals surface area contributed by atoms with E-state index in [1.807, 2.05) is 53.2 Å². The van der Waals surface area contributed by atoms with Crippen molar-refractivity contribution in [1.29, 1.82) is 0 Å². The Labute approximate surface area is 140 Å². The van der Waals surface area contributed by atoms with Crippen molar-refractivity contribution in [3.05, 3.63) is 60.4 Å². The lowest BCUT2D eigenvalue weighted by Crippen LogP contribution is -2.45. The molecule has 5 heteroatoms. The van der Waals surface area contributed by atoms with Crippen LogP contribution >= 0.6 is 0 Å². The molecule has 2 heterocycles. The van der Waals surface area contributed by atoms with Crippen LogP contribution in [-0.2, 0) is 0 Å². The monoisotopic (exact) mass is 321 g/mol. The van der Waals surface area contributed by atoms with Gasteiger partial charge >= 0.3 is 0 Å². The summed E-state index contributed by atoms with van der Waals surface area (Å²) in [6.45, 7) is 0.204. The quantitative estimate of drug-likeness (QED) is 0.776. The molecule has 0 saturated heterocycles. The van der Waals surface area contributed by atoms with Crippen molar-refractivity contribution in [2.24, 2.45) is 5.92 Å². The molecule has 5 nitrogen and oxygen atoms in total. The van der Waals surface area contributed by atoms with Crippen LogP contribution in [0.1, 0.15) is 23.2 Å². The summed E-state index contributed by atoms with van der Waals surface area (Å²) >= 11 is 0. The minimum atomic E-state index is -0.0757. The maximum absolute atomic E-state index is 12.4. The summed E-state index contributed by atoms with van der Waals surface area (Å²) in [6.07, 6.45) is 5.46. The Balaban J connectivity index is 1.54. The summed E-state index contributed by atoms with van der Waals surface area (Å²) in [5, 5.41) is 12.1. The number of aliphatic hydroxyl groups is 1. The van der Waals surface area contributed by atoms with Gasteiger partial charge in [0, 0.05) is 30.6 Å². The van der Waals surface area contributed by atoms with Gasteiger partial charge in [0.1, 0.15) is 5.65 Å². The molecule has 2 aromatic heterocycles. The number of amides is 1. The van der Waals surface area contributed by atoms with Gasteiger partial charge in [-0.15, -0.1) is 0 Å². The third-order valence-electron chi connectivity index (χ3n) is 4.61. The van der Waals surface area contributed by atoms with Crippen LogP contribution in [0.3, 0.4) is 0 Å². The molecule has 122 valence electrons. The number of hydrogen-bond acceptors (Lipinski definition) is 3. The van der Waals surface area contributed by atoms with Gasteiger partial charge in [-0.3, -0.25) is 4.79 Å². The summed E-state index contributed by atoms with van der Waals surface area (Å²) in [4.78, 5) is 17.0. The Bertz CT molecular complexity index is 867. The molecule has 24 heavy (non-hydrogen) atoms. The van der Waals surface area contributed by atoms with Crippen LogP contribution < -0.4 is 5.32 Å². The van der Waals surface area contributed by atoms with Crippen molar-refractivity contribution in [2.45, 2.75) is 18.9 Å². The highest BCUT2D eigenvalue weighted by atomic mass is 16.3. The first-order valence-corrected chi connectivity index (χ1v) is 8.19. The average molecular weight is 321 g/mol. The predicted molar refractivity (Wildman–Crippen MR) is 91.7 cm³/mol. The van der Waals surface area contributed by atoms with Crippen molar-refractivity contribution < 1.29 is 9.90 Å². The van der Waals surface area contributed by atoms with Crippen LogP contribution in [0.4, 0.5) is 0 Å². The molecule has 3 aromatic rings. The van der Waals surface area contributed by atoms with Crippen LogP contribution in [0.15, 0.2) is 54.9 Å². The Morgan fingerprint density at radius 1 is 1.17 bits per heavy atom. The van der Waals surface area contributed by atoms with E-state index in [2.05, 4.69) is 10.3 Å². The van der Waals surface area contributed by atoms with Crippen molar-refractivity contribution in [2.75, 3.05) is 6.61 Å². The fourth-order valence-electron chi connectivity index (χ4n) is 3.15. The molecule has 0 spiro atoms. The first kappa shape index (κ1) is 14.9. The molecule has 1 aromatic carbocycles. The van der Waals surface area contributed by atoms with Crippen LogP contribution in [-0.4, -0.2) is 33.0 Å². The lowest BCUT2D eigenvalue weighted by molar-refractivity contribution is 0.0832. The first-order valence-electron chi connectivity index (χ1n) is 8.19. The number of carbonyl (C=O) groups excluding carboxylic acids is 1. The standard InChI is InChI=1S/C19H19N3O2/c23-12-13-8-16(9-13)20-19(24)15-6-7-18-21-17(11-22(18)10-15)14-4-2-1-3-5-14/h1-7,10-11,13,16,23H,8-9,12H2,(H,20,24). The van der Waals surface area contributed by atoms with Crippen molar-refractivity contribution in [3.8, 4) is 11.3 Å². The Kier molecular flexibility index (Phi) is 3.78. The van der Waals surface area contributed by atoms with Gasteiger partial charge in [0.05, 0.1) is 11.3 Å². The maximum Gasteiger partial charge on any atom is 0.252 e. The van der Waals surface area contributed by atoms with E-state index in [1.54, 1.807) is 6.07 Å². The molecule has 1 aliphatic rings. The second kappa shape index (κ2) is 6.09. The zero-order valence-corrected chi connectivity index (χ0v) is 13.2. The fourth-order valence-corrected chi connectivity index (χ4v) is 3.15. The van der Waals surface area contributed by atoms with Crippen LogP contribution in [0.25, 0.3) is 16.9 Å². The van der Waals surface area contributed by atoms with Crippen LogP contribution in [0.5, 0.6) is 0 Å². The summed E-state index contributed by atoms with van der Waals surface area (Å²) in [6, 6.07) is 13.8. The van der Waals surface area contributed by atoms with Crippen molar-refractivity contribution in [1.82, 2.24) is 14.7 Å². The molecule has 1 amide bonds. The van der Waals surface area contributed by atoms with Gasteiger partial charge in [-0.1, -0.05) is 30.3 Å². The zero-order chi connectivity index (χ0) is 16.5. The minimum absolute atomic E-state index is 0.0757. The summed E-state index contributed by atoms with van der Waals surface area (Å²) < 4.78 is 1.88. The maximum atomic E-state index is 12.4. The lowest BCUT2D eigenvalue weighted by Gasteiger charge is -2.34. The second-order valence-electron chi connectivity index (χ2n) is 6.37. The molecular weight excluding hydrogens is 302 g/mol. The zero-order valence-electron chi connectivity index (χ0n) is 13.2. The number of pyridine rings is 1. The Hall–Kier alpha value is -2.66. The molecule has 1 aliphatic carbocycles. The van der Waals surface area contributed by atoms with Gasteiger partial charge in [-0.05, 0) is 30.9 Å². The van der Waals surface area contributed by atoms with Gasteiger partial charge in [0.15, 0.2) is 0 Å². The molecule has 0 atom stereocenters. The number of benzene rings is 1. The van der Waals surface area contributed by atoms with Gasteiger partial charge in [-0.25, -0.2) is 4.98 Å². The number of aliphatic hydroxyl groups excluding tert-OH is 1. The van der Waals surface area contributed by atoms with E-state index in [-0.39, 0.29) is 18.6 Å². The van der Waals surface area contributed by atoms with E-state index >= 15 is 0 Å². The number of rotatable bonds is 4. The number of carbonyl (C=O) groups is 1. The van der Waals surface area contributed by atoms with E-state index < -0.39 is 0 Å². The minimum Gasteiger partial charge on any atom is -0.396 e. The predicted octanol–water partition coefficient (Wildman–Crippen LogP) is 2.50. The van der Waals surface area contributed by atoms with E-state index in [0.29, 0.717) is 11.5 Å². The summed E-state index contributed by atoms with van der Waals surface area (Å²) in [7, 11) is 0. The molecule has 1 fully saturated rings. The van der Waals surface area contributed by atoms with E-state index in [1.165, 1.54) is 0 Å². The molecule has 0 bridgehead atoms. The summed E-state index contributed by atoms with van der Waals surface area (Å²) in [5.74, 6) is 0.258. The SMILES string of the molecule is O=C(NC1CC(CO)C1)c1ccc2nc(-c3ccccc3)cn2c1. The van der Waals surface area contributed by atoms with E-state index in [9.17, 15) is 4.79 Å². The van der Waals surface area contributed by atoms with Crippen LogP contribution in [0.2, 0.25) is 0 Å². The van der Waals surface area contributed by atoms with Crippen LogP contribution in [0, 0.1) is 5.92 Å². The molecule has 2 N–H and O–H groups in total. The van der Waals surface area contributed by atoms with Gasteiger partial charge in [0.25, 0.3) is 5.91 Å². The topological polar surface area (TPSA) is 66.6 Å². The van der Waals surface area contributed by atoms with Gasteiger partial charge in [0.2, 0.25) is 0 Å². The van der Waals surface area contributed by atoms with Gasteiger partial charge in [-0.2, -0.15) is 0 Å². The molecule has 1 saturated carbocycles. The average Bonchev–Trinajstić information content (AvgIpc) is 3.01. The number of nitrogens with one attached hydrogen (secondary N) is 1. The molecule has 0 radical (unpaired) electrons. The van der Waals surface area contributed by atoms with E-state index in [4.69, 9.17) is 5.11 Å². The van der Waals surface area contributed by atoms with Gasteiger partial charge < -0.3 is 14.8 Å². The molecule has 4 rings (SSSR count). The highest BCUT2D eigenvalue weighted by Gasteiger charge is 2.29. The van der Waals surface area contributed by atoms with Crippen molar-refractivity contribution in [3.63, 3.8) is 0 Å². The highest BCUT2D eigenvalue weighted by Crippen LogP contribution is 2.27. The van der Waals surface area contributed by atoms with Crippen molar-refractivity contribution >= 4 is 11.6 Å². The summed E-state index contributed by atoms with van der Waals surface area (Å²) in [5.41, 5.74) is 3.37. The Morgan fingerprint density at radius 2 is 1.96 bits per heavy atom. The molecule has 0 unspecified atom stereocenters. The second-order valence-corrected chi connectivity index (χ2v) is 6.37. The molecule has 0 aliphatic heterocycles. The lowest BCUT2D eigenvalue weighted by atomic mass is 9.81. The number of fused-ring (bicyclic) bond motifs is 1. The highest BCUT2D eigenvalue weighted by molar-refractivity contribution is 5.94. The first-order chi connectivity index (χ1) is 11.7. The Morgan fingerprint density at radius 3 is 2.71 bits per heavy atom. The third-order valence-corrected chi connectivity index (χ3v) is 4.61. The number of nitrogens with zero attached hydrogens (tertiary/aromatic N) is 2. The molecular formula is C19H19N3O2. The largest absolute Gasteiger partial charge is 0.396 e. The number of imidazole rings is 1. The normalized spacial score (nSPS) is 19.9. The smallest absolute Gasteiger partial charge is 0.252 e. The number of hydrogen-bond donors (Lipinski definition) is 2. The third kappa shape index (κ3) is 2.78. The number of aromatic nitrogens is 2. The van der Waals surface area contributed by atoms with E-state index in [0.717, 1.165) is 29.7 Å². The fraction of sp³-hybridized carbons (Fsp3) is 0.263.